The van der Waals surface area contributed by atoms with Gasteiger partial charge in [-0.1, -0.05) is 152 Å². The van der Waals surface area contributed by atoms with Crippen molar-refractivity contribution in [2.45, 2.75) is 6.17 Å². The number of hydrogen-bond acceptors (Lipinski definition) is 4. The third-order valence-corrected chi connectivity index (χ3v) is 9.90. The van der Waals surface area contributed by atoms with Gasteiger partial charge in [-0.2, -0.15) is 0 Å². The van der Waals surface area contributed by atoms with Gasteiger partial charge >= 0.3 is 0 Å². The molecule has 0 amide bonds. The maximum atomic E-state index is 6.62. The summed E-state index contributed by atoms with van der Waals surface area (Å²) in [6.07, 6.45) is -0.503. The molecule has 4 heteroatoms. The van der Waals surface area contributed by atoms with E-state index in [-0.39, 0.29) is 0 Å². The van der Waals surface area contributed by atoms with Gasteiger partial charge < -0.3 is 9.73 Å². The molecule has 1 aliphatic rings. The monoisotopic (exact) mass is 653 g/mol. The molecule has 0 fully saturated rings. The van der Waals surface area contributed by atoms with Crippen molar-refractivity contribution in [2.24, 2.45) is 9.98 Å². The first-order valence-electron chi connectivity index (χ1n) is 17.3. The molecule has 1 aromatic heterocycles. The molecule has 0 spiro atoms. The summed E-state index contributed by atoms with van der Waals surface area (Å²) in [5.74, 6) is 1.55. The largest absolute Gasteiger partial charge is 0.455 e. The Kier molecular flexibility index (Phi) is 6.85. The molecule has 1 unspecified atom stereocenters. The lowest BCUT2D eigenvalue weighted by Gasteiger charge is -2.23. The Morgan fingerprint density at radius 2 is 1.00 bits per heavy atom. The van der Waals surface area contributed by atoms with Crippen LogP contribution in [0.25, 0.3) is 65.7 Å². The Hall–Kier alpha value is -6.78. The molecular weight excluding hydrogens is 623 g/mol. The Bertz CT molecular complexity index is 2850. The average molecular weight is 654 g/mol. The molecule has 4 nitrogen and oxygen atoms in total. The van der Waals surface area contributed by atoms with Crippen molar-refractivity contribution in [2.75, 3.05) is 0 Å². The Morgan fingerprint density at radius 3 is 1.76 bits per heavy atom. The maximum Gasteiger partial charge on any atom is 0.170 e. The first kappa shape index (κ1) is 29.2. The molecule has 2 heterocycles. The highest BCUT2D eigenvalue weighted by Crippen LogP contribution is 2.40. The molecule has 0 aliphatic carbocycles. The number of furan rings is 1. The van der Waals surface area contributed by atoms with E-state index in [4.69, 9.17) is 14.4 Å². The number of para-hydroxylation sites is 1. The molecule has 0 saturated carbocycles. The highest BCUT2D eigenvalue weighted by Gasteiger charge is 2.25. The van der Waals surface area contributed by atoms with Crippen molar-refractivity contribution >= 4 is 55.2 Å². The quantitative estimate of drug-likeness (QED) is 0.201. The number of nitrogens with zero attached hydrogens (tertiary/aromatic N) is 2. The van der Waals surface area contributed by atoms with Crippen molar-refractivity contribution in [3.8, 4) is 22.3 Å². The lowest BCUT2D eigenvalue weighted by atomic mass is 9.98. The van der Waals surface area contributed by atoms with E-state index in [1.807, 2.05) is 18.2 Å². The fourth-order valence-corrected chi connectivity index (χ4v) is 7.37. The van der Waals surface area contributed by atoms with Crippen molar-refractivity contribution < 1.29 is 4.42 Å². The van der Waals surface area contributed by atoms with E-state index < -0.39 is 6.17 Å². The summed E-state index contributed by atoms with van der Waals surface area (Å²) in [7, 11) is 0. The van der Waals surface area contributed by atoms with Crippen LogP contribution >= 0.6 is 0 Å². The minimum Gasteiger partial charge on any atom is -0.455 e. The number of hydrogen-bond donors (Lipinski definition) is 1. The second-order valence-corrected chi connectivity index (χ2v) is 13.0. The molecule has 8 aromatic carbocycles. The van der Waals surface area contributed by atoms with Gasteiger partial charge in [0.15, 0.2) is 6.17 Å². The van der Waals surface area contributed by atoms with Crippen molar-refractivity contribution in [1.82, 2.24) is 5.32 Å². The lowest BCUT2D eigenvalue weighted by molar-refractivity contribution is 0.668. The number of aliphatic imine (C=N–C) groups is 2. The summed E-state index contributed by atoms with van der Waals surface area (Å²) >= 11 is 0. The van der Waals surface area contributed by atoms with Crippen LogP contribution in [0.4, 0.5) is 0 Å². The standard InChI is InChI=1S/C47H31N3O/c1-2-13-32(14-3-1)39-19-9-20-40-43-41(21-10-22-42(43)51-44(39)40)47-49-45(48-46(50-47)38-26-24-31-12-5-7-16-34(31)28-38)37-18-8-17-35(29-37)36-25-23-30-11-4-6-15-33(30)27-36/h1-29,47H,(H,48,49,50). The summed E-state index contributed by atoms with van der Waals surface area (Å²) in [4.78, 5) is 10.7. The Balaban J connectivity index is 1.14. The molecule has 0 radical (unpaired) electrons. The SMILES string of the molecule is c1ccc(-c2cccc3c2oc2cccc(C4N=C(c5cccc(-c6ccc7ccccc7c6)c5)NC(c5ccc6ccccc6c5)=N4)c23)cc1. The van der Waals surface area contributed by atoms with Gasteiger partial charge in [0.25, 0.3) is 0 Å². The maximum absolute atomic E-state index is 6.62. The van der Waals surface area contributed by atoms with Crippen LogP contribution in [-0.2, 0) is 0 Å². The average Bonchev–Trinajstić information content (AvgIpc) is 3.60. The fourth-order valence-electron chi connectivity index (χ4n) is 7.37. The van der Waals surface area contributed by atoms with E-state index >= 15 is 0 Å². The van der Waals surface area contributed by atoms with Gasteiger partial charge in [-0.15, -0.1) is 0 Å². The normalized spacial score (nSPS) is 14.5. The van der Waals surface area contributed by atoms with Crippen LogP contribution < -0.4 is 5.32 Å². The molecule has 1 N–H and O–H groups in total. The van der Waals surface area contributed by atoms with Gasteiger partial charge in [-0.25, -0.2) is 9.98 Å². The third kappa shape index (κ3) is 5.17. The zero-order valence-corrected chi connectivity index (χ0v) is 27.6. The summed E-state index contributed by atoms with van der Waals surface area (Å²) in [6, 6.07) is 61.6. The van der Waals surface area contributed by atoms with E-state index in [2.05, 4.69) is 163 Å². The lowest BCUT2D eigenvalue weighted by Crippen LogP contribution is -2.36. The van der Waals surface area contributed by atoms with Gasteiger partial charge in [0.1, 0.15) is 22.8 Å². The van der Waals surface area contributed by atoms with Crippen LogP contribution in [0, 0.1) is 0 Å². The van der Waals surface area contributed by atoms with Crippen LogP contribution in [0.15, 0.2) is 190 Å². The summed E-state index contributed by atoms with van der Waals surface area (Å²) < 4.78 is 6.62. The molecule has 1 atom stereocenters. The number of rotatable bonds is 5. The van der Waals surface area contributed by atoms with Crippen LogP contribution in [0.3, 0.4) is 0 Å². The first-order chi connectivity index (χ1) is 25.2. The third-order valence-electron chi connectivity index (χ3n) is 9.90. The van der Waals surface area contributed by atoms with Gasteiger partial charge in [0.2, 0.25) is 0 Å². The van der Waals surface area contributed by atoms with E-state index in [0.717, 1.165) is 77.9 Å². The molecule has 51 heavy (non-hydrogen) atoms. The fraction of sp³-hybridized carbons (Fsp3) is 0.0213. The zero-order valence-electron chi connectivity index (χ0n) is 27.6. The Labute approximate surface area is 295 Å². The van der Waals surface area contributed by atoms with Crippen molar-refractivity contribution in [3.63, 3.8) is 0 Å². The molecule has 240 valence electrons. The summed E-state index contributed by atoms with van der Waals surface area (Å²) in [5.41, 5.74) is 9.17. The predicted molar refractivity (Wildman–Crippen MR) is 211 cm³/mol. The molecule has 0 bridgehead atoms. The van der Waals surface area contributed by atoms with E-state index in [9.17, 15) is 0 Å². The van der Waals surface area contributed by atoms with Gasteiger partial charge in [-0.05, 0) is 62.5 Å². The first-order valence-corrected chi connectivity index (χ1v) is 17.3. The van der Waals surface area contributed by atoms with Crippen molar-refractivity contribution in [1.29, 1.82) is 0 Å². The number of amidine groups is 2. The number of benzene rings is 8. The van der Waals surface area contributed by atoms with Crippen LogP contribution in [0.1, 0.15) is 22.9 Å². The highest BCUT2D eigenvalue weighted by atomic mass is 16.3. The minimum absolute atomic E-state index is 0.503. The molecule has 9 aromatic rings. The molecule has 0 saturated heterocycles. The number of nitrogens with one attached hydrogen (secondary N) is 1. The van der Waals surface area contributed by atoms with E-state index in [0.29, 0.717) is 0 Å². The molecule has 1 aliphatic heterocycles. The van der Waals surface area contributed by atoms with Crippen LogP contribution in [0.2, 0.25) is 0 Å². The predicted octanol–water partition coefficient (Wildman–Crippen LogP) is 11.7. The second-order valence-electron chi connectivity index (χ2n) is 13.0. The Morgan fingerprint density at radius 1 is 0.431 bits per heavy atom. The smallest absolute Gasteiger partial charge is 0.170 e. The van der Waals surface area contributed by atoms with Gasteiger partial charge in [0, 0.05) is 33.0 Å². The van der Waals surface area contributed by atoms with Crippen LogP contribution in [0.5, 0.6) is 0 Å². The van der Waals surface area contributed by atoms with E-state index in [1.54, 1.807) is 0 Å². The summed E-state index contributed by atoms with van der Waals surface area (Å²) in [6.45, 7) is 0. The summed E-state index contributed by atoms with van der Waals surface area (Å²) in [5, 5.41) is 10.5. The van der Waals surface area contributed by atoms with Crippen LogP contribution in [-0.4, -0.2) is 11.7 Å². The molecule has 10 rings (SSSR count). The highest BCUT2D eigenvalue weighted by molar-refractivity contribution is 6.17. The number of fused-ring (bicyclic) bond motifs is 5. The van der Waals surface area contributed by atoms with Crippen molar-refractivity contribution in [3.05, 3.63) is 193 Å². The second kappa shape index (κ2) is 12.0. The molecular formula is C47H31N3O. The van der Waals surface area contributed by atoms with Gasteiger partial charge in [-0.3, -0.25) is 0 Å². The van der Waals surface area contributed by atoms with Gasteiger partial charge in [0.05, 0.1) is 0 Å². The zero-order chi connectivity index (χ0) is 33.7. The minimum atomic E-state index is -0.503. The topological polar surface area (TPSA) is 49.9 Å². The van der Waals surface area contributed by atoms with E-state index in [1.165, 1.54) is 16.2 Å².